The molecule has 0 atom stereocenters. The highest BCUT2D eigenvalue weighted by Crippen LogP contribution is 2.46. The van der Waals surface area contributed by atoms with Crippen molar-refractivity contribution in [1.82, 2.24) is 0 Å². The Morgan fingerprint density at radius 3 is 2.52 bits per heavy atom. The van der Waals surface area contributed by atoms with Crippen LogP contribution < -0.4 is 5.73 Å². The maximum absolute atomic E-state index is 10.7. The number of hydrogen-bond acceptors (Lipinski definition) is 10. The SMILES string of the molecule is CN=Nc1c(SOOO)cc2ccc(N=Nc3ccccc3)c(O)c2c1N. The number of hydrogen-bond donors (Lipinski definition) is 3. The topological polar surface area (TPSA) is 134 Å². The number of anilines is 1. The van der Waals surface area contributed by atoms with Crippen LogP contribution in [0.3, 0.4) is 0 Å². The molecule has 3 aromatic rings. The highest BCUT2D eigenvalue weighted by Gasteiger charge is 2.17. The predicted molar refractivity (Wildman–Crippen MR) is 102 cm³/mol. The standard InChI is InChI=1S/C17H15N5O4S/c1-19-22-16-13(27-26-25-24)9-10-7-8-12(17(23)14(10)15(16)18)21-20-11-5-3-2-4-6-11/h2-9,23-24H,18H2,1H3. The van der Waals surface area contributed by atoms with Gasteiger partial charge in [-0.15, -0.1) is 9.45 Å². The van der Waals surface area contributed by atoms with Gasteiger partial charge in [-0.25, -0.2) is 5.26 Å². The van der Waals surface area contributed by atoms with E-state index in [1.807, 2.05) is 18.2 Å². The molecule has 0 spiro atoms. The monoisotopic (exact) mass is 385 g/mol. The molecule has 0 aromatic heterocycles. The summed E-state index contributed by atoms with van der Waals surface area (Å²) in [5, 5.41) is 39.5. The molecule has 0 saturated carbocycles. The fourth-order valence-corrected chi connectivity index (χ4v) is 2.97. The van der Waals surface area contributed by atoms with Crippen molar-refractivity contribution in [1.29, 1.82) is 0 Å². The number of azo groups is 2. The first-order valence-corrected chi connectivity index (χ1v) is 8.39. The van der Waals surface area contributed by atoms with Crippen LogP contribution >= 0.6 is 12.0 Å². The molecule has 138 valence electrons. The van der Waals surface area contributed by atoms with Gasteiger partial charge in [-0.1, -0.05) is 29.3 Å². The third kappa shape index (κ3) is 4.04. The minimum Gasteiger partial charge on any atom is -0.505 e. The van der Waals surface area contributed by atoms with Crippen LogP contribution in [0.5, 0.6) is 5.75 Å². The van der Waals surface area contributed by atoms with Crippen molar-refractivity contribution in [2.45, 2.75) is 4.90 Å². The van der Waals surface area contributed by atoms with Crippen LogP contribution in [0.2, 0.25) is 0 Å². The van der Waals surface area contributed by atoms with E-state index in [0.717, 1.165) is 0 Å². The second kappa shape index (κ2) is 8.56. The largest absolute Gasteiger partial charge is 0.505 e. The molecule has 0 unspecified atom stereocenters. The second-order valence-electron chi connectivity index (χ2n) is 5.23. The molecule has 27 heavy (non-hydrogen) atoms. The minimum atomic E-state index is -0.131. The van der Waals surface area contributed by atoms with Crippen molar-refractivity contribution >= 4 is 45.6 Å². The van der Waals surface area contributed by atoms with E-state index in [-0.39, 0.29) is 22.8 Å². The molecule has 0 heterocycles. The van der Waals surface area contributed by atoms with E-state index in [1.165, 1.54) is 7.05 Å². The average Bonchev–Trinajstić information content (AvgIpc) is 2.69. The van der Waals surface area contributed by atoms with Crippen molar-refractivity contribution < 1.29 is 19.7 Å². The van der Waals surface area contributed by atoms with Crippen LogP contribution in [0.25, 0.3) is 10.8 Å². The lowest BCUT2D eigenvalue weighted by atomic mass is 10.1. The number of nitrogen functional groups attached to an aromatic ring is 1. The van der Waals surface area contributed by atoms with Gasteiger partial charge >= 0.3 is 0 Å². The zero-order chi connectivity index (χ0) is 19.2. The number of fused-ring (bicyclic) bond motifs is 1. The van der Waals surface area contributed by atoms with E-state index >= 15 is 0 Å². The first kappa shape index (κ1) is 18.7. The van der Waals surface area contributed by atoms with Crippen LogP contribution in [0, 0.1) is 0 Å². The molecule has 0 fully saturated rings. The van der Waals surface area contributed by atoms with E-state index in [1.54, 1.807) is 30.3 Å². The van der Waals surface area contributed by atoms with Gasteiger partial charge in [-0.05, 0) is 29.7 Å². The van der Waals surface area contributed by atoms with E-state index in [2.05, 4.69) is 29.8 Å². The lowest BCUT2D eigenvalue weighted by Crippen LogP contribution is -1.92. The third-order valence-electron chi connectivity index (χ3n) is 3.62. The molecule has 0 radical (unpaired) electrons. The van der Waals surface area contributed by atoms with Crippen LogP contribution in [0.15, 0.2) is 73.9 Å². The van der Waals surface area contributed by atoms with Gasteiger partial charge in [-0.3, -0.25) is 0 Å². The number of nitrogens with zero attached hydrogens (tertiary/aromatic N) is 4. The van der Waals surface area contributed by atoms with Crippen LogP contribution in [-0.2, 0) is 9.37 Å². The van der Waals surface area contributed by atoms with Crippen molar-refractivity contribution in [3.8, 4) is 5.75 Å². The van der Waals surface area contributed by atoms with Gasteiger partial charge in [0, 0.05) is 7.05 Å². The molecule has 0 amide bonds. The van der Waals surface area contributed by atoms with Crippen LogP contribution in [0.1, 0.15) is 0 Å². The highest BCUT2D eigenvalue weighted by atomic mass is 32.2. The molecule has 3 rings (SSSR count). The second-order valence-corrected chi connectivity index (χ2v) is 5.97. The molecule has 4 N–H and O–H groups in total. The predicted octanol–water partition coefficient (Wildman–Crippen LogP) is 5.68. The van der Waals surface area contributed by atoms with Gasteiger partial charge in [-0.2, -0.15) is 15.3 Å². The summed E-state index contributed by atoms with van der Waals surface area (Å²) >= 11 is 0.704. The molecule has 10 heteroatoms. The number of nitrogens with two attached hydrogens (primary N) is 1. The Morgan fingerprint density at radius 1 is 1.04 bits per heavy atom. The van der Waals surface area contributed by atoms with Crippen molar-refractivity contribution in [3.05, 3.63) is 48.5 Å². The summed E-state index contributed by atoms with van der Waals surface area (Å²) < 4.78 is 4.47. The van der Waals surface area contributed by atoms with E-state index in [4.69, 9.17) is 11.0 Å². The number of phenolic OH excluding ortho intramolecular Hbond substituents is 1. The van der Waals surface area contributed by atoms with Crippen molar-refractivity contribution in [2.24, 2.45) is 20.5 Å². The number of benzene rings is 3. The molecule has 3 aromatic carbocycles. The number of phenols is 1. The normalized spacial score (nSPS) is 11.8. The van der Waals surface area contributed by atoms with Gasteiger partial charge in [0.05, 0.1) is 33.7 Å². The smallest absolute Gasteiger partial charge is 0.153 e. The Bertz CT molecular complexity index is 1010. The average molecular weight is 385 g/mol. The first-order valence-electron chi connectivity index (χ1n) is 7.65. The van der Waals surface area contributed by atoms with Gasteiger partial charge in [0.15, 0.2) is 5.75 Å². The molecular formula is C17H15N5O4S. The Morgan fingerprint density at radius 2 is 1.81 bits per heavy atom. The molecule has 0 bridgehead atoms. The van der Waals surface area contributed by atoms with Gasteiger partial charge in [0.2, 0.25) is 0 Å². The minimum absolute atomic E-state index is 0.131. The molecule has 0 aliphatic carbocycles. The fourth-order valence-electron chi connectivity index (χ4n) is 2.47. The highest BCUT2D eigenvalue weighted by molar-refractivity contribution is 7.94. The van der Waals surface area contributed by atoms with E-state index in [0.29, 0.717) is 33.4 Å². The van der Waals surface area contributed by atoms with Crippen molar-refractivity contribution in [3.63, 3.8) is 0 Å². The molecular weight excluding hydrogens is 370 g/mol. The number of rotatable bonds is 6. The summed E-state index contributed by atoms with van der Waals surface area (Å²) in [4.78, 5) is 0.442. The summed E-state index contributed by atoms with van der Waals surface area (Å²) in [5.41, 5.74) is 7.55. The Balaban J connectivity index is 2.11. The quantitative estimate of drug-likeness (QED) is 0.164. The maximum Gasteiger partial charge on any atom is 0.153 e. The van der Waals surface area contributed by atoms with Crippen molar-refractivity contribution in [2.75, 3.05) is 12.8 Å². The summed E-state index contributed by atoms with van der Waals surface area (Å²) in [7, 11) is 1.48. The fraction of sp³-hybridized carbons (Fsp3) is 0.0588. The summed E-state index contributed by atoms with van der Waals surface area (Å²) in [6.45, 7) is 0. The molecule has 0 aliphatic rings. The van der Waals surface area contributed by atoms with E-state index in [9.17, 15) is 5.11 Å². The Kier molecular flexibility index (Phi) is 5.94. The third-order valence-corrected chi connectivity index (χ3v) is 4.24. The molecule has 0 saturated heterocycles. The summed E-state index contributed by atoms with van der Waals surface area (Å²) in [6.07, 6.45) is 0. The van der Waals surface area contributed by atoms with E-state index < -0.39 is 0 Å². The summed E-state index contributed by atoms with van der Waals surface area (Å²) in [6, 6.07) is 14.1. The van der Waals surface area contributed by atoms with Gasteiger partial charge in [0.1, 0.15) is 11.4 Å². The zero-order valence-electron chi connectivity index (χ0n) is 14.1. The Hall–Kier alpha value is -3.05. The maximum atomic E-state index is 10.7. The first-order chi connectivity index (χ1) is 13.2. The number of aromatic hydroxyl groups is 1. The van der Waals surface area contributed by atoms with Gasteiger partial charge < -0.3 is 10.8 Å². The lowest BCUT2D eigenvalue weighted by molar-refractivity contribution is -0.432. The lowest BCUT2D eigenvalue weighted by Gasteiger charge is -2.12. The molecule has 0 aliphatic heterocycles. The Labute approximate surface area is 158 Å². The van der Waals surface area contributed by atoms with Gasteiger partial charge in [0.25, 0.3) is 0 Å². The van der Waals surface area contributed by atoms with Crippen LogP contribution in [-0.4, -0.2) is 17.4 Å². The van der Waals surface area contributed by atoms with Crippen LogP contribution in [0.4, 0.5) is 22.7 Å². The summed E-state index contributed by atoms with van der Waals surface area (Å²) in [5.74, 6) is -0.131. The zero-order valence-corrected chi connectivity index (χ0v) is 14.9. The molecule has 9 nitrogen and oxygen atoms in total.